The van der Waals surface area contributed by atoms with Gasteiger partial charge in [0.05, 0.1) is 0 Å². The standard InChI is InChI=1S/C23H37NO2/c25-22(20-10-2-1-3-11-20)14-7-17-24-23(26)21-13-6-12-18-8-4-5-9-19(18)15-16-21/h13,18-20H,1-12,14-17H2,(H,24,26). The third kappa shape index (κ3) is 5.69. The highest BCUT2D eigenvalue weighted by Crippen LogP contribution is 2.38. The molecule has 0 radical (unpaired) electrons. The number of hydrogen-bond donors (Lipinski definition) is 1. The third-order valence-electron chi connectivity index (χ3n) is 7.02. The second kappa shape index (κ2) is 10.3. The Labute approximate surface area is 159 Å². The minimum Gasteiger partial charge on any atom is -0.352 e. The number of ketones is 1. The molecule has 0 bridgehead atoms. The molecule has 1 amide bonds. The predicted octanol–water partition coefficient (Wildman–Crippen LogP) is 5.34. The van der Waals surface area contributed by atoms with Crippen molar-refractivity contribution in [3.05, 3.63) is 11.6 Å². The van der Waals surface area contributed by atoms with Crippen LogP contribution in [0.3, 0.4) is 0 Å². The van der Waals surface area contributed by atoms with Crippen molar-refractivity contribution in [2.45, 2.75) is 96.3 Å². The monoisotopic (exact) mass is 359 g/mol. The predicted molar refractivity (Wildman–Crippen MR) is 106 cm³/mol. The lowest BCUT2D eigenvalue weighted by atomic mass is 9.73. The van der Waals surface area contributed by atoms with Crippen molar-refractivity contribution in [1.29, 1.82) is 0 Å². The van der Waals surface area contributed by atoms with E-state index in [0.29, 0.717) is 24.7 Å². The minimum absolute atomic E-state index is 0.115. The van der Waals surface area contributed by atoms with Crippen LogP contribution in [-0.2, 0) is 9.59 Å². The van der Waals surface area contributed by atoms with Crippen LogP contribution in [0.5, 0.6) is 0 Å². The van der Waals surface area contributed by atoms with Crippen LogP contribution in [0.25, 0.3) is 0 Å². The molecule has 3 aliphatic carbocycles. The Morgan fingerprint density at radius 3 is 2.35 bits per heavy atom. The molecule has 0 saturated heterocycles. The summed E-state index contributed by atoms with van der Waals surface area (Å²) in [6.45, 7) is 0.640. The van der Waals surface area contributed by atoms with Gasteiger partial charge in [-0.05, 0) is 56.8 Å². The highest BCUT2D eigenvalue weighted by Gasteiger charge is 2.26. The molecule has 0 aromatic heterocycles. The fraction of sp³-hybridized carbons (Fsp3) is 0.826. The van der Waals surface area contributed by atoms with Gasteiger partial charge in [0.15, 0.2) is 0 Å². The zero-order chi connectivity index (χ0) is 18.2. The van der Waals surface area contributed by atoms with Crippen LogP contribution < -0.4 is 5.32 Å². The number of allylic oxidation sites excluding steroid dienone is 1. The topological polar surface area (TPSA) is 46.2 Å². The van der Waals surface area contributed by atoms with Gasteiger partial charge in [0.1, 0.15) is 5.78 Å². The van der Waals surface area contributed by atoms with Gasteiger partial charge in [-0.2, -0.15) is 0 Å². The summed E-state index contributed by atoms with van der Waals surface area (Å²) in [7, 11) is 0. The quantitative estimate of drug-likeness (QED) is 0.651. The Morgan fingerprint density at radius 2 is 1.58 bits per heavy atom. The van der Waals surface area contributed by atoms with E-state index >= 15 is 0 Å². The van der Waals surface area contributed by atoms with Gasteiger partial charge in [-0.25, -0.2) is 0 Å². The van der Waals surface area contributed by atoms with Crippen LogP contribution in [0.15, 0.2) is 11.6 Å². The summed E-state index contributed by atoms with van der Waals surface area (Å²) in [5.74, 6) is 2.58. The average Bonchev–Trinajstić information content (AvgIpc) is 2.66. The summed E-state index contributed by atoms with van der Waals surface area (Å²) in [4.78, 5) is 24.7. The number of rotatable bonds is 6. The second-order valence-corrected chi connectivity index (χ2v) is 8.81. The highest BCUT2D eigenvalue weighted by molar-refractivity contribution is 5.93. The van der Waals surface area contributed by atoms with Gasteiger partial charge in [-0.15, -0.1) is 0 Å². The zero-order valence-electron chi connectivity index (χ0n) is 16.4. The van der Waals surface area contributed by atoms with Crippen LogP contribution in [0.1, 0.15) is 96.3 Å². The Kier molecular flexibility index (Phi) is 7.76. The summed E-state index contributed by atoms with van der Waals surface area (Å²) in [6.07, 6.45) is 19.5. The van der Waals surface area contributed by atoms with Crippen molar-refractivity contribution in [3.8, 4) is 0 Å². The van der Waals surface area contributed by atoms with Crippen molar-refractivity contribution in [1.82, 2.24) is 5.32 Å². The molecule has 0 aliphatic heterocycles. The molecule has 0 heterocycles. The Hall–Kier alpha value is -1.12. The van der Waals surface area contributed by atoms with Crippen molar-refractivity contribution in [2.75, 3.05) is 6.54 Å². The van der Waals surface area contributed by atoms with Crippen LogP contribution in [0.2, 0.25) is 0 Å². The lowest BCUT2D eigenvalue weighted by Crippen LogP contribution is -2.28. The molecule has 2 unspecified atom stereocenters. The van der Waals surface area contributed by atoms with Gasteiger partial charge in [-0.1, -0.05) is 51.0 Å². The van der Waals surface area contributed by atoms with Crippen molar-refractivity contribution >= 4 is 11.7 Å². The maximum Gasteiger partial charge on any atom is 0.246 e. The summed E-state index contributed by atoms with van der Waals surface area (Å²) in [5.41, 5.74) is 0.993. The lowest BCUT2D eigenvalue weighted by Gasteiger charge is -2.33. The Bertz CT molecular complexity index is 504. The van der Waals surface area contributed by atoms with E-state index in [1.165, 1.54) is 57.8 Å². The number of carbonyl (C=O) groups excluding carboxylic acids is 2. The van der Waals surface area contributed by atoms with Gasteiger partial charge >= 0.3 is 0 Å². The molecule has 146 valence electrons. The van der Waals surface area contributed by atoms with Crippen molar-refractivity contribution in [3.63, 3.8) is 0 Å². The smallest absolute Gasteiger partial charge is 0.246 e. The molecule has 0 aromatic carbocycles. The highest BCUT2D eigenvalue weighted by atomic mass is 16.1. The molecule has 2 fully saturated rings. The van der Waals surface area contributed by atoms with Gasteiger partial charge in [0.2, 0.25) is 5.91 Å². The largest absolute Gasteiger partial charge is 0.352 e. The van der Waals surface area contributed by atoms with Gasteiger partial charge < -0.3 is 5.32 Å². The van der Waals surface area contributed by atoms with Crippen LogP contribution in [0, 0.1) is 17.8 Å². The van der Waals surface area contributed by atoms with Crippen LogP contribution >= 0.6 is 0 Å². The van der Waals surface area contributed by atoms with E-state index in [9.17, 15) is 9.59 Å². The number of amides is 1. The third-order valence-corrected chi connectivity index (χ3v) is 7.02. The summed E-state index contributed by atoms with van der Waals surface area (Å²) in [6, 6.07) is 0. The van der Waals surface area contributed by atoms with E-state index in [0.717, 1.165) is 49.5 Å². The fourth-order valence-electron chi connectivity index (χ4n) is 5.37. The maximum atomic E-state index is 12.5. The summed E-state index contributed by atoms with van der Waals surface area (Å²) in [5, 5.41) is 3.07. The second-order valence-electron chi connectivity index (χ2n) is 8.81. The van der Waals surface area contributed by atoms with Crippen LogP contribution in [-0.4, -0.2) is 18.2 Å². The first-order chi connectivity index (χ1) is 12.7. The maximum absolute atomic E-state index is 12.5. The first-order valence-electron chi connectivity index (χ1n) is 11.2. The average molecular weight is 360 g/mol. The number of nitrogens with one attached hydrogen (secondary N) is 1. The zero-order valence-corrected chi connectivity index (χ0v) is 16.4. The molecule has 3 aliphatic rings. The molecule has 3 nitrogen and oxygen atoms in total. The fourth-order valence-corrected chi connectivity index (χ4v) is 5.37. The van der Waals surface area contributed by atoms with Crippen molar-refractivity contribution < 1.29 is 9.59 Å². The first kappa shape index (κ1) is 19.6. The van der Waals surface area contributed by atoms with Crippen LogP contribution in [0.4, 0.5) is 0 Å². The number of carbonyl (C=O) groups is 2. The molecule has 0 spiro atoms. The molecular formula is C23H37NO2. The number of fused-ring (bicyclic) bond motifs is 1. The molecule has 2 atom stereocenters. The van der Waals surface area contributed by atoms with Gasteiger partial charge in [-0.3, -0.25) is 9.59 Å². The van der Waals surface area contributed by atoms with E-state index in [2.05, 4.69) is 11.4 Å². The number of hydrogen-bond acceptors (Lipinski definition) is 2. The Morgan fingerprint density at radius 1 is 0.885 bits per heavy atom. The molecule has 1 N–H and O–H groups in total. The lowest BCUT2D eigenvalue weighted by molar-refractivity contribution is -0.124. The van der Waals surface area contributed by atoms with E-state index in [1.807, 2.05) is 0 Å². The molecule has 3 heteroatoms. The summed E-state index contributed by atoms with van der Waals surface area (Å²) < 4.78 is 0. The van der Waals surface area contributed by atoms with E-state index < -0.39 is 0 Å². The summed E-state index contributed by atoms with van der Waals surface area (Å²) >= 11 is 0. The van der Waals surface area contributed by atoms with E-state index in [1.54, 1.807) is 0 Å². The van der Waals surface area contributed by atoms with E-state index in [-0.39, 0.29) is 5.91 Å². The molecule has 3 rings (SSSR count). The molecular weight excluding hydrogens is 322 g/mol. The molecule has 26 heavy (non-hydrogen) atoms. The normalized spacial score (nSPS) is 27.6. The molecule has 0 aromatic rings. The van der Waals surface area contributed by atoms with Crippen molar-refractivity contribution in [2.24, 2.45) is 17.8 Å². The van der Waals surface area contributed by atoms with E-state index in [4.69, 9.17) is 0 Å². The minimum atomic E-state index is 0.115. The van der Waals surface area contributed by atoms with Gasteiger partial charge in [0, 0.05) is 24.5 Å². The molecule has 2 saturated carbocycles. The Balaban J connectivity index is 1.36. The first-order valence-corrected chi connectivity index (χ1v) is 11.2. The number of Topliss-reactive ketones (excluding diaryl/α,β-unsaturated/α-hetero) is 1. The SMILES string of the molecule is O=C(NCCCC(=O)C1CCCCC1)C1=CCCC2CCCCC2CC1. The van der Waals surface area contributed by atoms with Gasteiger partial charge in [0.25, 0.3) is 0 Å².